The summed E-state index contributed by atoms with van der Waals surface area (Å²) in [7, 11) is 0. The Morgan fingerprint density at radius 3 is 2.50 bits per heavy atom. The zero-order valence-corrected chi connectivity index (χ0v) is 10.2. The molecule has 0 aromatic heterocycles. The van der Waals surface area contributed by atoms with Crippen LogP contribution < -0.4 is 10.5 Å². The quantitative estimate of drug-likeness (QED) is 0.793. The van der Waals surface area contributed by atoms with Crippen LogP contribution in [0, 0.1) is 0 Å². The zero-order chi connectivity index (χ0) is 12.8. The molecule has 0 heterocycles. The van der Waals surface area contributed by atoms with Gasteiger partial charge in [-0.3, -0.25) is 0 Å². The van der Waals surface area contributed by atoms with Gasteiger partial charge in [-0.2, -0.15) is 0 Å². The van der Waals surface area contributed by atoms with E-state index in [4.69, 9.17) is 15.6 Å². The van der Waals surface area contributed by atoms with E-state index in [1.807, 2.05) is 48.5 Å². The molecule has 0 unspecified atom stereocenters. The van der Waals surface area contributed by atoms with E-state index in [9.17, 15) is 0 Å². The van der Waals surface area contributed by atoms with Crippen molar-refractivity contribution in [2.45, 2.75) is 13.0 Å². The first-order chi connectivity index (χ1) is 8.78. The molecule has 94 valence electrons. The summed E-state index contributed by atoms with van der Waals surface area (Å²) < 4.78 is 5.64. The van der Waals surface area contributed by atoms with Gasteiger partial charge in [0.2, 0.25) is 0 Å². The normalized spacial score (nSPS) is 10.3. The van der Waals surface area contributed by atoms with Crippen LogP contribution >= 0.6 is 0 Å². The summed E-state index contributed by atoms with van der Waals surface area (Å²) >= 11 is 0. The molecule has 2 rings (SSSR count). The maximum atomic E-state index is 9.02. The highest BCUT2D eigenvalue weighted by molar-refractivity contribution is 5.39. The highest BCUT2D eigenvalue weighted by atomic mass is 16.5. The van der Waals surface area contributed by atoms with Gasteiger partial charge in [-0.15, -0.1) is 0 Å². The van der Waals surface area contributed by atoms with Gasteiger partial charge in [0.05, 0.1) is 13.2 Å². The Labute approximate surface area is 107 Å². The number of aliphatic hydroxyl groups is 1. The number of ether oxygens (including phenoxy) is 1. The second kappa shape index (κ2) is 6.07. The Kier molecular flexibility index (Phi) is 4.20. The Bertz CT molecular complexity index is 494. The van der Waals surface area contributed by atoms with Crippen molar-refractivity contribution < 1.29 is 9.84 Å². The van der Waals surface area contributed by atoms with Gasteiger partial charge in [0.15, 0.2) is 0 Å². The van der Waals surface area contributed by atoms with Crippen LogP contribution in [-0.2, 0) is 13.0 Å². The van der Waals surface area contributed by atoms with Crippen LogP contribution in [0.1, 0.15) is 11.1 Å². The summed E-state index contributed by atoms with van der Waals surface area (Å²) in [5.41, 5.74) is 8.45. The standard InChI is InChI=1S/C15H17NO2/c16-14-6-4-12(5-7-14)8-9-18-15-3-1-2-13(10-15)11-17/h1-7,10,17H,8-9,11,16H2. The number of hydrogen-bond acceptors (Lipinski definition) is 3. The summed E-state index contributed by atoms with van der Waals surface area (Å²) in [5, 5.41) is 9.02. The molecule has 0 saturated carbocycles. The van der Waals surface area contributed by atoms with E-state index in [0.717, 1.165) is 23.4 Å². The molecule has 0 fully saturated rings. The third-order valence-electron chi connectivity index (χ3n) is 2.72. The Morgan fingerprint density at radius 1 is 1.00 bits per heavy atom. The van der Waals surface area contributed by atoms with E-state index in [1.54, 1.807) is 0 Å². The first kappa shape index (κ1) is 12.5. The second-order valence-electron chi connectivity index (χ2n) is 4.15. The molecule has 3 N–H and O–H groups in total. The van der Waals surface area contributed by atoms with Gasteiger partial charge in [0, 0.05) is 12.1 Å². The molecule has 0 bridgehead atoms. The molecule has 3 nitrogen and oxygen atoms in total. The lowest BCUT2D eigenvalue weighted by Crippen LogP contribution is -2.01. The minimum atomic E-state index is 0.0369. The highest BCUT2D eigenvalue weighted by Gasteiger charge is 1.97. The van der Waals surface area contributed by atoms with Crippen LogP contribution in [-0.4, -0.2) is 11.7 Å². The number of nitrogens with two attached hydrogens (primary N) is 1. The monoisotopic (exact) mass is 243 g/mol. The fourth-order valence-corrected chi connectivity index (χ4v) is 1.70. The number of nitrogen functional groups attached to an aromatic ring is 1. The lowest BCUT2D eigenvalue weighted by Gasteiger charge is -2.07. The minimum Gasteiger partial charge on any atom is -0.493 e. The molecule has 0 amide bonds. The average Bonchev–Trinajstić information content (AvgIpc) is 2.41. The molecule has 0 radical (unpaired) electrons. The zero-order valence-electron chi connectivity index (χ0n) is 10.2. The molecule has 0 aliphatic heterocycles. The highest BCUT2D eigenvalue weighted by Crippen LogP contribution is 2.14. The third kappa shape index (κ3) is 3.50. The van der Waals surface area contributed by atoms with Crippen molar-refractivity contribution in [1.29, 1.82) is 0 Å². The van der Waals surface area contributed by atoms with E-state index in [0.29, 0.717) is 6.61 Å². The largest absolute Gasteiger partial charge is 0.493 e. The van der Waals surface area contributed by atoms with E-state index >= 15 is 0 Å². The first-order valence-electron chi connectivity index (χ1n) is 5.95. The summed E-state index contributed by atoms with van der Waals surface area (Å²) in [6.45, 7) is 0.647. The molecular formula is C15H17NO2. The smallest absolute Gasteiger partial charge is 0.119 e. The predicted octanol–water partition coefficient (Wildman–Crippen LogP) is 2.38. The van der Waals surface area contributed by atoms with Gasteiger partial charge in [-0.1, -0.05) is 24.3 Å². The molecule has 2 aromatic carbocycles. The molecule has 3 heteroatoms. The third-order valence-corrected chi connectivity index (χ3v) is 2.72. The van der Waals surface area contributed by atoms with Gasteiger partial charge in [0.1, 0.15) is 5.75 Å². The van der Waals surface area contributed by atoms with Crippen molar-refractivity contribution in [3.8, 4) is 5.75 Å². The Morgan fingerprint density at radius 2 is 1.78 bits per heavy atom. The predicted molar refractivity (Wildman–Crippen MR) is 72.4 cm³/mol. The molecule has 18 heavy (non-hydrogen) atoms. The van der Waals surface area contributed by atoms with Crippen molar-refractivity contribution in [2.75, 3.05) is 12.3 Å². The van der Waals surface area contributed by atoms with Gasteiger partial charge in [-0.05, 0) is 35.4 Å². The number of rotatable bonds is 5. The van der Waals surface area contributed by atoms with E-state index in [1.165, 1.54) is 5.56 Å². The minimum absolute atomic E-state index is 0.0369. The number of aliphatic hydroxyl groups excluding tert-OH is 1. The maximum Gasteiger partial charge on any atom is 0.119 e. The van der Waals surface area contributed by atoms with Crippen molar-refractivity contribution in [1.82, 2.24) is 0 Å². The topological polar surface area (TPSA) is 55.5 Å². The van der Waals surface area contributed by atoms with E-state index in [2.05, 4.69) is 0 Å². The summed E-state index contributed by atoms with van der Waals surface area (Å²) in [4.78, 5) is 0. The lowest BCUT2D eigenvalue weighted by molar-refractivity contribution is 0.279. The molecule has 0 atom stereocenters. The summed E-state index contributed by atoms with van der Waals surface area (Å²) in [6, 6.07) is 15.3. The van der Waals surface area contributed by atoms with Gasteiger partial charge in [0.25, 0.3) is 0 Å². The van der Waals surface area contributed by atoms with Crippen LogP contribution in [0.15, 0.2) is 48.5 Å². The van der Waals surface area contributed by atoms with Crippen LogP contribution in [0.5, 0.6) is 5.75 Å². The first-order valence-corrected chi connectivity index (χ1v) is 5.95. The molecule has 0 spiro atoms. The molecule has 0 saturated heterocycles. The fraction of sp³-hybridized carbons (Fsp3) is 0.200. The average molecular weight is 243 g/mol. The van der Waals surface area contributed by atoms with Gasteiger partial charge >= 0.3 is 0 Å². The van der Waals surface area contributed by atoms with Crippen molar-refractivity contribution in [3.63, 3.8) is 0 Å². The molecule has 0 aliphatic carbocycles. The van der Waals surface area contributed by atoms with Crippen LogP contribution in [0.25, 0.3) is 0 Å². The van der Waals surface area contributed by atoms with Crippen LogP contribution in [0.3, 0.4) is 0 Å². The van der Waals surface area contributed by atoms with Gasteiger partial charge < -0.3 is 15.6 Å². The second-order valence-corrected chi connectivity index (χ2v) is 4.15. The summed E-state index contributed by atoms with van der Waals surface area (Å²) in [6.07, 6.45) is 0.837. The molecular weight excluding hydrogens is 226 g/mol. The number of benzene rings is 2. The summed E-state index contributed by atoms with van der Waals surface area (Å²) in [5.74, 6) is 0.789. The molecule has 2 aromatic rings. The Balaban J connectivity index is 1.86. The van der Waals surface area contributed by atoms with E-state index < -0.39 is 0 Å². The van der Waals surface area contributed by atoms with Crippen LogP contribution in [0.2, 0.25) is 0 Å². The maximum absolute atomic E-state index is 9.02. The lowest BCUT2D eigenvalue weighted by atomic mass is 10.1. The number of hydrogen-bond donors (Lipinski definition) is 2. The number of anilines is 1. The van der Waals surface area contributed by atoms with Crippen LogP contribution in [0.4, 0.5) is 5.69 Å². The van der Waals surface area contributed by atoms with E-state index in [-0.39, 0.29) is 6.61 Å². The molecule has 0 aliphatic rings. The van der Waals surface area contributed by atoms with Crippen molar-refractivity contribution in [2.24, 2.45) is 0 Å². The SMILES string of the molecule is Nc1ccc(CCOc2cccc(CO)c2)cc1. The fourth-order valence-electron chi connectivity index (χ4n) is 1.70. The van der Waals surface area contributed by atoms with Gasteiger partial charge in [-0.25, -0.2) is 0 Å². The Hall–Kier alpha value is -2.00. The van der Waals surface area contributed by atoms with Crippen molar-refractivity contribution >= 4 is 5.69 Å². The van der Waals surface area contributed by atoms with Crippen molar-refractivity contribution in [3.05, 3.63) is 59.7 Å².